The summed E-state index contributed by atoms with van der Waals surface area (Å²) < 4.78 is 5.33. The molecule has 0 unspecified atom stereocenters. The maximum absolute atomic E-state index is 12.0. The third kappa shape index (κ3) is 3.47. The number of ether oxygens (including phenoxy) is 1. The van der Waals surface area contributed by atoms with Crippen molar-refractivity contribution in [2.24, 2.45) is 0 Å². The summed E-state index contributed by atoms with van der Waals surface area (Å²) in [5.41, 5.74) is 2.37. The summed E-state index contributed by atoms with van der Waals surface area (Å²) in [6.07, 6.45) is 1.53. The van der Waals surface area contributed by atoms with Gasteiger partial charge in [-0.05, 0) is 23.6 Å². The molecule has 1 N–H and O–H groups in total. The SMILES string of the molecule is CCc1cc(CN2CCNCCC2=O)ccc1OC. The van der Waals surface area contributed by atoms with Gasteiger partial charge in [-0.3, -0.25) is 4.79 Å². The molecule has 0 aromatic heterocycles. The molecule has 1 fully saturated rings. The Balaban J connectivity index is 2.11. The maximum atomic E-state index is 12.0. The van der Waals surface area contributed by atoms with Gasteiger partial charge in [0.15, 0.2) is 0 Å². The Morgan fingerprint density at radius 3 is 2.95 bits per heavy atom. The minimum Gasteiger partial charge on any atom is -0.496 e. The molecule has 0 atom stereocenters. The molecule has 19 heavy (non-hydrogen) atoms. The Bertz CT molecular complexity index is 446. The second-order valence-electron chi connectivity index (χ2n) is 4.82. The number of benzene rings is 1. The van der Waals surface area contributed by atoms with Crippen LogP contribution in [0.2, 0.25) is 0 Å². The molecule has 0 bridgehead atoms. The molecular weight excluding hydrogens is 240 g/mol. The van der Waals surface area contributed by atoms with Crippen LogP contribution in [-0.2, 0) is 17.8 Å². The van der Waals surface area contributed by atoms with Crippen LogP contribution in [-0.4, -0.2) is 37.6 Å². The molecule has 1 saturated heterocycles. The van der Waals surface area contributed by atoms with E-state index in [9.17, 15) is 4.79 Å². The third-order valence-corrected chi connectivity index (χ3v) is 3.53. The highest BCUT2D eigenvalue weighted by atomic mass is 16.5. The van der Waals surface area contributed by atoms with Crippen molar-refractivity contribution in [1.29, 1.82) is 0 Å². The van der Waals surface area contributed by atoms with Crippen LogP contribution in [0, 0.1) is 0 Å². The molecular formula is C15H22N2O2. The number of carbonyl (C=O) groups is 1. The van der Waals surface area contributed by atoms with Gasteiger partial charge < -0.3 is 15.0 Å². The molecule has 0 aliphatic carbocycles. The van der Waals surface area contributed by atoms with Crippen molar-refractivity contribution in [2.45, 2.75) is 26.3 Å². The number of carbonyl (C=O) groups excluding carboxylic acids is 1. The van der Waals surface area contributed by atoms with Gasteiger partial charge in [-0.1, -0.05) is 19.1 Å². The average molecular weight is 262 g/mol. The van der Waals surface area contributed by atoms with E-state index in [4.69, 9.17) is 4.74 Å². The van der Waals surface area contributed by atoms with Crippen molar-refractivity contribution in [1.82, 2.24) is 10.2 Å². The Hall–Kier alpha value is -1.55. The second kappa shape index (κ2) is 6.57. The zero-order valence-electron chi connectivity index (χ0n) is 11.7. The number of hydrogen-bond donors (Lipinski definition) is 1. The molecule has 1 aliphatic rings. The van der Waals surface area contributed by atoms with Gasteiger partial charge in [-0.2, -0.15) is 0 Å². The van der Waals surface area contributed by atoms with Gasteiger partial charge in [-0.15, -0.1) is 0 Å². The summed E-state index contributed by atoms with van der Waals surface area (Å²) >= 11 is 0. The highest BCUT2D eigenvalue weighted by molar-refractivity contribution is 5.76. The zero-order valence-corrected chi connectivity index (χ0v) is 11.7. The standard InChI is InChI=1S/C15H22N2O2/c1-3-13-10-12(4-5-14(13)19-2)11-17-9-8-16-7-6-15(17)18/h4-5,10,16H,3,6-9,11H2,1-2H3. The van der Waals surface area contributed by atoms with Crippen molar-refractivity contribution in [3.05, 3.63) is 29.3 Å². The third-order valence-electron chi connectivity index (χ3n) is 3.53. The van der Waals surface area contributed by atoms with Gasteiger partial charge in [0.2, 0.25) is 5.91 Å². The number of aryl methyl sites for hydroxylation is 1. The molecule has 4 nitrogen and oxygen atoms in total. The molecule has 4 heteroatoms. The summed E-state index contributed by atoms with van der Waals surface area (Å²) in [5, 5.41) is 3.25. The lowest BCUT2D eigenvalue weighted by Gasteiger charge is -2.21. The number of hydrogen-bond acceptors (Lipinski definition) is 3. The average Bonchev–Trinajstić information content (AvgIpc) is 2.64. The Labute approximate surface area is 114 Å². The molecule has 1 aromatic carbocycles. The van der Waals surface area contributed by atoms with Gasteiger partial charge in [0, 0.05) is 32.6 Å². The van der Waals surface area contributed by atoms with Crippen molar-refractivity contribution in [3.63, 3.8) is 0 Å². The summed E-state index contributed by atoms with van der Waals surface area (Å²) in [4.78, 5) is 13.9. The maximum Gasteiger partial charge on any atom is 0.224 e. The minimum absolute atomic E-state index is 0.235. The van der Waals surface area contributed by atoms with E-state index in [1.165, 1.54) is 11.1 Å². The fourth-order valence-corrected chi connectivity index (χ4v) is 2.41. The highest BCUT2D eigenvalue weighted by Crippen LogP contribution is 2.21. The quantitative estimate of drug-likeness (QED) is 0.895. The van der Waals surface area contributed by atoms with Crippen molar-refractivity contribution < 1.29 is 9.53 Å². The largest absolute Gasteiger partial charge is 0.496 e. The lowest BCUT2D eigenvalue weighted by Crippen LogP contribution is -2.31. The van der Waals surface area contributed by atoms with E-state index in [0.29, 0.717) is 13.0 Å². The van der Waals surface area contributed by atoms with Crippen LogP contribution in [0.3, 0.4) is 0 Å². The van der Waals surface area contributed by atoms with Crippen LogP contribution in [0.4, 0.5) is 0 Å². The summed E-state index contributed by atoms with van der Waals surface area (Å²) in [7, 11) is 1.69. The molecule has 1 heterocycles. The van der Waals surface area contributed by atoms with Crippen LogP contribution >= 0.6 is 0 Å². The van der Waals surface area contributed by atoms with Crippen LogP contribution in [0.1, 0.15) is 24.5 Å². The lowest BCUT2D eigenvalue weighted by molar-refractivity contribution is -0.130. The van der Waals surface area contributed by atoms with Crippen LogP contribution in [0.25, 0.3) is 0 Å². The van der Waals surface area contributed by atoms with Gasteiger partial charge in [0.25, 0.3) is 0 Å². The molecule has 0 saturated carbocycles. The number of nitrogens with zero attached hydrogens (tertiary/aromatic N) is 1. The van der Waals surface area contributed by atoms with Crippen LogP contribution in [0.15, 0.2) is 18.2 Å². The van der Waals surface area contributed by atoms with Gasteiger partial charge >= 0.3 is 0 Å². The highest BCUT2D eigenvalue weighted by Gasteiger charge is 2.16. The first-order chi connectivity index (χ1) is 9.24. The molecule has 2 rings (SSSR count). The van der Waals surface area contributed by atoms with Gasteiger partial charge in [0.1, 0.15) is 5.75 Å². The van der Waals surface area contributed by atoms with E-state index >= 15 is 0 Å². The van der Waals surface area contributed by atoms with E-state index in [-0.39, 0.29) is 5.91 Å². The first kappa shape index (κ1) is 13.9. The van der Waals surface area contributed by atoms with E-state index < -0.39 is 0 Å². The number of nitrogens with one attached hydrogen (secondary N) is 1. The topological polar surface area (TPSA) is 41.6 Å². The molecule has 0 radical (unpaired) electrons. The minimum atomic E-state index is 0.235. The predicted octanol–water partition coefficient (Wildman–Crippen LogP) is 1.58. The number of methoxy groups -OCH3 is 1. The molecule has 1 aromatic rings. The van der Waals surface area contributed by atoms with E-state index in [1.54, 1.807) is 7.11 Å². The van der Waals surface area contributed by atoms with Gasteiger partial charge in [0.05, 0.1) is 7.11 Å². The van der Waals surface area contributed by atoms with E-state index in [2.05, 4.69) is 18.3 Å². The summed E-state index contributed by atoms with van der Waals surface area (Å²) in [6.45, 7) is 5.26. The molecule has 0 spiro atoms. The van der Waals surface area contributed by atoms with Crippen LogP contribution in [0.5, 0.6) is 5.75 Å². The molecule has 104 valence electrons. The molecule has 1 aliphatic heterocycles. The normalized spacial score (nSPS) is 16.3. The number of rotatable bonds is 4. The Kier molecular flexibility index (Phi) is 4.80. The fourth-order valence-electron chi connectivity index (χ4n) is 2.41. The lowest BCUT2D eigenvalue weighted by atomic mass is 10.1. The Morgan fingerprint density at radius 2 is 2.21 bits per heavy atom. The predicted molar refractivity (Wildman–Crippen MR) is 75.3 cm³/mol. The van der Waals surface area contributed by atoms with E-state index in [0.717, 1.165) is 31.8 Å². The summed E-state index contributed by atoms with van der Waals surface area (Å²) in [5.74, 6) is 1.16. The smallest absolute Gasteiger partial charge is 0.224 e. The van der Waals surface area contributed by atoms with Gasteiger partial charge in [-0.25, -0.2) is 0 Å². The Morgan fingerprint density at radius 1 is 1.37 bits per heavy atom. The second-order valence-corrected chi connectivity index (χ2v) is 4.82. The first-order valence-electron chi connectivity index (χ1n) is 6.89. The first-order valence-corrected chi connectivity index (χ1v) is 6.89. The van der Waals surface area contributed by atoms with E-state index in [1.807, 2.05) is 17.0 Å². The fraction of sp³-hybridized carbons (Fsp3) is 0.533. The monoisotopic (exact) mass is 262 g/mol. The van der Waals surface area contributed by atoms with Crippen molar-refractivity contribution in [2.75, 3.05) is 26.7 Å². The summed E-state index contributed by atoms with van der Waals surface area (Å²) in [6, 6.07) is 6.18. The molecule has 1 amide bonds. The van der Waals surface area contributed by atoms with Crippen LogP contribution < -0.4 is 10.1 Å². The zero-order chi connectivity index (χ0) is 13.7. The van der Waals surface area contributed by atoms with Crippen molar-refractivity contribution in [3.8, 4) is 5.75 Å². The number of amides is 1. The van der Waals surface area contributed by atoms with Crippen molar-refractivity contribution >= 4 is 5.91 Å².